The van der Waals surface area contributed by atoms with E-state index in [2.05, 4.69) is 34.6 Å². The standard InChI is InChI=1S/C11H7NS/c1-2-4-9-8(3-1)7-12-11-10(9)5-6-13-11/h1-7H. The van der Waals surface area contributed by atoms with Crippen molar-refractivity contribution in [3.8, 4) is 0 Å². The van der Waals surface area contributed by atoms with E-state index < -0.39 is 0 Å². The molecule has 1 aromatic carbocycles. The number of pyridine rings is 1. The van der Waals surface area contributed by atoms with E-state index in [9.17, 15) is 0 Å². The Hall–Kier alpha value is -1.41. The average Bonchev–Trinajstić information content (AvgIpc) is 2.65. The highest BCUT2D eigenvalue weighted by Crippen LogP contribution is 2.26. The minimum atomic E-state index is 1.12. The third-order valence-corrected chi connectivity index (χ3v) is 3.04. The third kappa shape index (κ3) is 0.956. The molecule has 0 unspecified atom stereocenters. The number of benzene rings is 1. The van der Waals surface area contributed by atoms with Gasteiger partial charge in [0.15, 0.2) is 0 Å². The second-order valence-corrected chi connectivity index (χ2v) is 3.88. The highest BCUT2D eigenvalue weighted by atomic mass is 32.1. The van der Waals surface area contributed by atoms with Gasteiger partial charge in [-0.05, 0) is 16.8 Å². The van der Waals surface area contributed by atoms with E-state index in [0.717, 1.165) is 4.83 Å². The van der Waals surface area contributed by atoms with Gasteiger partial charge >= 0.3 is 0 Å². The van der Waals surface area contributed by atoms with Crippen molar-refractivity contribution in [2.75, 3.05) is 0 Å². The Morgan fingerprint density at radius 1 is 1.00 bits per heavy atom. The minimum Gasteiger partial charge on any atom is -0.245 e. The lowest BCUT2D eigenvalue weighted by atomic mass is 10.1. The Balaban J connectivity index is 2.65. The summed E-state index contributed by atoms with van der Waals surface area (Å²) in [5.74, 6) is 0. The molecule has 0 radical (unpaired) electrons. The summed E-state index contributed by atoms with van der Waals surface area (Å²) in [5.41, 5.74) is 0. The van der Waals surface area contributed by atoms with Gasteiger partial charge in [-0.3, -0.25) is 0 Å². The van der Waals surface area contributed by atoms with Crippen molar-refractivity contribution in [3.05, 3.63) is 41.9 Å². The number of aromatic nitrogens is 1. The maximum atomic E-state index is 4.39. The maximum absolute atomic E-state index is 4.39. The quantitative estimate of drug-likeness (QED) is 0.522. The fourth-order valence-corrected chi connectivity index (χ4v) is 2.34. The van der Waals surface area contributed by atoms with Gasteiger partial charge in [0.2, 0.25) is 0 Å². The first kappa shape index (κ1) is 7.04. The normalized spacial score (nSPS) is 11.1. The second-order valence-electron chi connectivity index (χ2n) is 2.98. The van der Waals surface area contributed by atoms with Crippen LogP contribution in [0.3, 0.4) is 0 Å². The zero-order valence-corrected chi connectivity index (χ0v) is 7.71. The summed E-state index contributed by atoms with van der Waals surface area (Å²) in [7, 11) is 0. The van der Waals surface area contributed by atoms with Crippen LogP contribution < -0.4 is 0 Å². The van der Waals surface area contributed by atoms with Crippen molar-refractivity contribution in [3.63, 3.8) is 0 Å². The van der Waals surface area contributed by atoms with Gasteiger partial charge in [0.1, 0.15) is 4.83 Å². The molecule has 0 bridgehead atoms. The maximum Gasteiger partial charge on any atom is 0.123 e. The number of hydrogen-bond acceptors (Lipinski definition) is 2. The van der Waals surface area contributed by atoms with Gasteiger partial charge in [-0.25, -0.2) is 4.98 Å². The molecule has 2 aromatic heterocycles. The highest BCUT2D eigenvalue weighted by molar-refractivity contribution is 7.16. The van der Waals surface area contributed by atoms with E-state index >= 15 is 0 Å². The molecule has 62 valence electrons. The topological polar surface area (TPSA) is 12.9 Å². The van der Waals surface area contributed by atoms with Crippen molar-refractivity contribution in [1.82, 2.24) is 4.98 Å². The molecule has 2 heterocycles. The lowest BCUT2D eigenvalue weighted by molar-refractivity contribution is 1.48. The van der Waals surface area contributed by atoms with Crippen molar-refractivity contribution in [2.24, 2.45) is 0 Å². The number of rotatable bonds is 0. The van der Waals surface area contributed by atoms with E-state index in [1.807, 2.05) is 12.3 Å². The summed E-state index contributed by atoms with van der Waals surface area (Å²) in [6.45, 7) is 0. The minimum absolute atomic E-state index is 1.12. The summed E-state index contributed by atoms with van der Waals surface area (Å²) in [6, 6.07) is 10.5. The smallest absolute Gasteiger partial charge is 0.123 e. The van der Waals surface area contributed by atoms with Gasteiger partial charge in [-0.2, -0.15) is 0 Å². The monoisotopic (exact) mass is 185 g/mol. The summed E-state index contributed by atoms with van der Waals surface area (Å²) in [4.78, 5) is 5.51. The van der Waals surface area contributed by atoms with Crippen molar-refractivity contribution < 1.29 is 0 Å². The van der Waals surface area contributed by atoms with Crippen LogP contribution in [0.25, 0.3) is 21.0 Å². The zero-order valence-electron chi connectivity index (χ0n) is 6.90. The van der Waals surface area contributed by atoms with E-state index in [1.165, 1.54) is 16.2 Å². The van der Waals surface area contributed by atoms with Crippen molar-refractivity contribution in [2.45, 2.75) is 0 Å². The number of hydrogen-bond donors (Lipinski definition) is 0. The third-order valence-electron chi connectivity index (χ3n) is 2.22. The number of nitrogens with zero attached hydrogens (tertiary/aromatic N) is 1. The van der Waals surface area contributed by atoms with Gasteiger partial charge < -0.3 is 0 Å². The van der Waals surface area contributed by atoms with Crippen LogP contribution in [0.5, 0.6) is 0 Å². The second kappa shape index (κ2) is 2.54. The van der Waals surface area contributed by atoms with Gasteiger partial charge in [0, 0.05) is 17.0 Å². The molecule has 0 fully saturated rings. The molecule has 0 amide bonds. The Kier molecular flexibility index (Phi) is 1.37. The Labute approximate surface area is 79.7 Å². The number of fused-ring (bicyclic) bond motifs is 3. The Morgan fingerprint density at radius 3 is 2.92 bits per heavy atom. The predicted molar refractivity (Wildman–Crippen MR) is 57.1 cm³/mol. The van der Waals surface area contributed by atoms with Crippen LogP contribution in [0.1, 0.15) is 0 Å². The van der Waals surface area contributed by atoms with E-state index in [-0.39, 0.29) is 0 Å². The van der Waals surface area contributed by atoms with Crippen molar-refractivity contribution in [1.29, 1.82) is 0 Å². The zero-order chi connectivity index (χ0) is 8.67. The average molecular weight is 185 g/mol. The summed E-state index contributed by atoms with van der Waals surface area (Å²) in [5, 5.41) is 5.87. The molecular formula is C11H7NS. The summed E-state index contributed by atoms with van der Waals surface area (Å²) < 4.78 is 0. The van der Waals surface area contributed by atoms with E-state index in [0.29, 0.717) is 0 Å². The van der Waals surface area contributed by atoms with Gasteiger partial charge in [-0.15, -0.1) is 11.3 Å². The molecule has 0 saturated heterocycles. The number of thiophene rings is 1. The SMILES string of the molecule is c1ccc2c(c1)cnc1sccc12. The molecule has 13 heavy (non-hydrogen) atoms. The molecule has 1 nitrogen and oxygen atoms in total. The molecule has 0 N–H and O–H groups in total. The molecule has 0 aliphatic rings. The largest absolute Gasteiger partial charge is 0.245 e. The van der Waals surface area contributed by atoms with E-state index in [4.69, 9.17) is 0 Å². The molecule has 0 atom stereocenters. The molecule has 3 rings (SSSR count). The summed E-state index contributed by atoms with van der Waals surface area (Å²) >= 11 is 1.69. The lowest BCUT2D eigenvalue weighted by Gasteiger charge is -1.96. The molecule has 2 heteroatoms. The van der Waals surface area contributed by atoms with Crippen LogP contribution in [-0.2, 0) is 0 Å². The molecule has 3 aromatic rings. The van der Waals surface area contributed by atoms with Crippen LogP contribution in [0, 0.1) is 0 Å². The molecule has 0 aliphatic heterocycles. The Morgan fingerprint density at radius 2 is 1.92 bits per heavy atom. The van der Waals surface area contributed by atoms with Crippen molar-refractivity contribution >= 4 is 32.3 Å². The van der Waals surface area contributed by atoms with Crippen LogP contribution >= 0.6 is 11.3 Å². The fraction of sp³-hybridized carbons (Fsp3) is 0. The first-order chi connectivity index (χ1) is 6.45. The van der Waals surface area contributed by atoms with Gasteiger partial charge in [0.25, 0.3) is 0 Å². The predicted octanol–water partition coefficient (Wildman–Crippen LogP) is 3.45. The first-order valence-corrected chi connectivity index (χ1v) is 5.04. The first-order valence-electron chi connectivity index (χ1n) is 4.16. The van der Waals surface area contributed by atoms with E-state index in [1.54, 1.807) is 11.3 Å². The van der Waals surface area contributed by atoms with Crippen LogP contribution in [0.4, 0.5) is 0 Å². The fourth-order valence-electron chi connectivity index (χ4n) is 1.59. The molecule has 0 aliphatic carbocycles. The van der Waals surface area contributed by atoms with Gasteiger partial charge in [0.05, 0.1) is 0 Å². The van der Waals surface area contributed by atoms with Crippen LogP contribution in [0.15, 0.2) is 41.9 Å². The summed E-state index contributed by atoms with van der Waals surface area (Å²) in [6.07, 6.45) is 1.94. The molecular weight excluding hydrogens is 178 g/mol. The highest BCUT2D eigenvalue weighted by Gasteiger charge is 2.00. The van der Waals surface area contributed by atoms with Gasteiger partial charge in [-0.1, -0.05) is 24.3 Å². The van der Waals surface area contributed by atoms with Crippen LogP contribution in [-0.4, -0.2) is 4.98 Å². The Bertz CT molecular complexity index is 568. The lowest BCUT2D eigenvalue weighted by Crippen LogP contribution is -1.75. The molecule has 0 saturated carbocycles. The molecule has 0 spiro atoms. The van der Waals surface area contributed by atoms with Crippen LogP contribution in [0.2, 0.25) is 0 Å².